The molecule has 0 aromatic heterocycles. The molecule has 0 spiro atoms. The summed E-state index contributed by atoms with van der Waals surface area (Å²) < 4.78 is 0. The second-order valence-corrected chi connectivity index (χ2v) is 6.63. The van der Waals surface area contributed by atoms with Crippen LogP contribution in [0.25, 0.3) is 0 Å². The third kappa shape index (κ3) is 3.69. The summed E-state index contributed by atoms with van der Waals surface area (Å²) in [7, 11) is 0. The summed E-state index contributed by atoms with van der Waals surface area (Å²) in [5.41, 5.74) is -0.416. The van der Waals surface area contributed by atoms with Crippen LogP contribution in [0.1, 0.15) is 52.9 Å². The zero-order chi connectivity index (χ0) is 13.2. The highest BCUT2D eigenvalue weighted by Gasteiger charge is 2.29. The number of carbonyl (C=O) groups excluding carboxylic acids is 1. The van der Waals surface area contributed by atoms with Gasteiger partial charge in [-0.25, -0.2) is 4.79 Å². The Morgan fingerprint density at radius 1 is 1.11 bits per heavy atom. The Bertz CT molecular complexity index is 287. The van der Waals surface area contributed by atoms with Crippen LogP contribution < -0.4 is 5.32 Å². The van der Waals surface area contributed by atoms with E-state index in [1.807, 2.05) is 25.8 Å². The first-order valence-corrected chi connectivity index (χ1v) is 7.18. The van der Waals surface area contributed by atoms with Crippen molar-refractivity contribution in [2.24, 2.45) is 5.41 Å². The lowest BCUT2D eigenvalue weighted by Gasteiger charge is -2.36. The molecule has 1 N–H and O–H groups in total. The highest BCUT2D eigenvalue weighted by atomic mass is 16.7. The minimum Gasteiger partial charge on any atom is -0.367 e. The topological polar surface area (TPSA) is 41.6 Å². The zero-order valence-corrected chi connectivity index (χ0v) is 11.9. The number of nitrogens with one attached hydrogen (secondary N) is 1. The molecule has 18 heavy (non-hydrogen) atoms. The Morgan fingerprint density at radius 2 is 1.67 bits per heavy atom. The quantitative estimate of drug-likeness (QED) is 0.837. The average molecular weight is 254 g/mol. The summed E-state index contributed by atoms with van der Waals surface area (Å²) in [6.07, 6.45) is 6.19. The Labute approximate surface area is 110 Å². The molecule has 0 amide bonds. The van der Waals surface area contributed by atoms with Crippen LogP contribution in [0.3, 0.4) is 0 Å². The number of carbonyl (C=O) groups is 1. The lowest BCUT2D eigenvalue weighted by molar-refractivity contribution is -0.205. The maximum atomic E-state index is 11.8. The van der Waals surface area contributed by atoms with Crippen LogP contribution in [-0.2, 0) is 9.63 Å². The molecule has 2 rings (SSSR count). The molecule has 4 nitrogen and oxygen atoms in total. The lowest BCUT2D eigenvalue weighted by Crippen LogP contribution is -2.49. The van der Waals surface area contributed by atoms with Gasteiger partial charge in [0.15, 0.2) is 0 Å². The molecule has 0 aromatic carbocycles. The van der Waals surface area contributed by atoms with Crippen LogP contribution in [0.15, 0.2) is 0 Å². The summed E-state index contributed by atoms with van der Waals surface area (Å²) in [5, 5.41) is 5.52. The van der Waals surface area contributed by atoms with E-state index in [1.165, 1.54) is 19.3 Å². The summed E-state index contributed by atoms with van der Waals surface area (Å²) in [5.74, 6) is -0.132. The SMILES string of the molecule is CC(C)(C)C(=O)ON1CCC(NC2CCC2)CC1. The normalized spacial score (nSPS) is 23.7. The Balaban J connectivity index is 1.68. The van der Waals surface area contributed by atoms with Crippen molar-refractivity contribution >= 4 is 5.97 Å². The van der Waals surface area contributed by atoms with Crippen LogP contribution in [0.5, 0.6) is 0 Å². The van der Waals surface area contributed by atoms with E-state index >= 15 is 0 Å². The number of hydrogen-bond acceptors (Lipinski definition) is 4. The lowest BCUT2D eigenvalue weighted by atomic mass is 9.91. The Morgan fingerprint density at radius 3 is 2.11 bits per heavy atom. The van der Waals surface area contributed by atoms with E-state index in [4.69, 9.17) is 4.84 Å². The highest BCUT2D eigenvalue weighted by molar-refractivity contribution is 5.75. The third-order valence-corrected chi connectivity index (χ3v) is 3.85. The fourth-order valence-corrected chi connectivity index (χ4v) is 2.28. The van der Waals surface area contributed by atoms with Crippen molar-refractivity contribution < 1.29 is 9.63 Å². The summed E-state index contributed by atoms with van der Waals surface area (Å²) >= 11 is 0. The van der Waals surface area contributed by atoms with Gasteiger partial charge in [-0.05, 0) is 46.5 Å². The van der Waals surface area contributed by atoms with Crippen LogP contribution >= 0.6 is 0 Å². The second-order valence-electron chi connectivity index (χ2n) is 6.63. The van der Waals surface area contributed by atoms with Gasteiger partial charge in [0.2, 0.25) is 0 Å². The Kier molecular flexibility index (Phi) is 4.28. The molecule has 0 radical (unpaired) electrons. The van der Waals surface area contributed by atoms with Gasteiger partial charge in [-0.3, -0.25) is 0 Å². The molecule has 1 saturated carbocycles. The maximum absolute atomic E-state index is 11.8. The van der Waals surface area contributed by atoms with Crippen molar-refractivity contribution in [2.45, 2.75) is 65.0 Å². The minimum absolute atomic E-state index is 0.132. The van der Waals surface area contributed by atoms with Crippen molar-refractivity contribution in [3.63, 3.8) is 0 Å². The van der Waals surface area contributed by atoms with Gasteiger partial charge in [0.1, 0.15) is 0 Å². The average Bonchev–Trinajstić information content (AvgIpc) is 2.24. The van der Waals surface area contributed by atoms with E-state index in [9.17, 15) is 4.79 Å². The largest absolute Gasteiger partial charge is 0.367 e. The van der Waals surface area contributed by atoms with Gasteiger partial charge in [-0.2, -0.15) is 0 Å². The zero-order valence-electron chi connectivity index (χ0n) is 11.9. The number of piperidine rings is 1. The standard InChI is InChI=1S/C14H26N2O2/c1-14(2,3)13(17)18-16-9-7-12(8-10-16)15-11-5-4-6-11/h11-12,15H,4-10H2,1-3H3. The Hall–Kier alpha value is -0.610. The summed E-state index contributed by atoms with van der Waals surface area (Å²) in [4.78, 5) is 17.2. The van der Waals surface area contributed by atoms with Gasteiger partial charge in [0.05, 0.1) is 5.41 Å². The number of nitrogens with zero attached hydrogens (tertiary/aromatic N) is 1. The molecule has 104 valence electrons. The van der Waals surface area contributed by atoms with E-state index in [1.54, 1.807) is 0 Å². The van der Waals surface area contributed by atoms with Crippen LogP contribution in [0.4, 0.5) is 0 Å². The minimum atomic E-state index is -0.416. The van der Waals surface area contributed by atoms with E-state index < -0.39 is 5.41 Å². The maximum Gasteiger partial charge on any atom is 0.330 e. The van der Waals surface area contributed by atoms with Gasteiger partial charge >= 0.3 is 5.97 Å². The molecule has 0 unspecified atom stereocenters. The van der Waals surface area contributed by atoms with Gasteiger partial charge in [0, 0.05) is 25.2 Å². The van der Waals surface area contributed by atoms with Crippen LogP contribution in [0, 0.1) is 5.41 Å². The molecule has 1 aliphatic heterocycles. The van der Waals surface area contributed by atoms with E-state index in [2.05, 4.69) is 5.32 Å². The first-order chi connectivity index (χ1) is 8.45. The molecule has 1 aliphatic carbocycles. The fraction of sp³-hybridized carbons (Fsp3) is 0.929. The molecule has 2 aliphatic rings. The molecule has 0 atom stereocenters. The van der Waals surface area contributed by atoms with Crippen molar-refractivity contribution in [1.29, 1.82) is 0 Å². The first kappa shape index (κ1) is 13.8. The number of rotatable bonds is 3. The smallest absolute Gasteiger partial charge is 0.330 e. The molecule has 4 heteroatoms. The van der Waals surface area contributed by atoms with Crippen molar-refractivity contribution in [2.75, 3.05) is 13.1 Å². The second kappa shape index (κ2) is 5.57. The van der Waals surface area contributed by atoms with Gasteiger partial charge in [0.25, 0.3) is 0 Å². The molecular formula is C14H26N2O2. The third-order valence-electron chi connectivity index (χ3n) is 3.85. The molecule has 1 saturated heterocycles. The highest BCUT2D eigenvalue weighted by Crippen LogP contribution is 2.22. The fourth-order valence-electron chi connectivity index (χ4n) is 2.28. The summed E-state index contributed by atoms with van der Waals surface area (Å²) in [6.45, 7) is 7.37. The molecule has 0 aromatic rings. The van der Waals surface area contributed by atoms with E-state index in [-0.39, 0.29) is 5.97 Å². The van der Waals surface area contributed by atoms with Gasteiger partial charge in [-0.1, -0.05) is 6.42 Å². The van der Waals surface area contributed by atoms with Crippen molar-refractivity contribution in [3.05, 3.63) is 0 Å². The summed E-state index contributed by atoms with van der Waals surface area (Å²) in [6, 6.07) is 1.36. The predicted octanol–water partition coefficient (Wildman–Crippen LogP) is 2.10. The molecular weight excluding hydrogens is 228 g/mol. The van der Waals surface area contributed by atoms with Crippen molar-refractivity contribution in [1.82, 2.24) is 10.4 Å². The monoisotopic (exact) mass is 254 g/mol. The first-order valence-electron chi connectivity index (χ1n) is 7.18. The predicted molar refractivity (Wildman–Crippen MR) is 70.9 cm³/mol. The van der Waals surface area contributed by atoms with E-state index in [0.717, 1.165) is 32.0 Å². The number of hydroxylamine groups is 2. The van der Waals surface area contributed by atoms with Crippen LogP contribution in [0.2, 0.25) is 0 Å². The van der Waals surface area contributed by atoms with Gasteiger partial charge in [-0.15, -0.1) is 5.06 Å². The molecule has 0 bridgehead atoms. The van der Waals surface area contributed by atoms with Crippen molar-refractivity contribution in [3.8, 4) is 0 Å². The molecule has 1 heterocycles. The number of hydrogen-bond donors (Lipinski definition) is 1. The van der Waals surface area contributed by atoms with Gasteiger partial charge < -0.3 is 10.2 Å². The molecule has 2 fully saturated rings. The van der Waals surface area contributed by atoms with E-state index in [0.29, 0.717) is 6.04 Å². The van der Waals surface area contributed by atoms with Crippen LogP contribution in [-0.4, -0.2) is 36.2 Å².